The van der Waals surface area contributed by atoms with Gasteiger partial charge in [-0.15, -0.1) is 0 Å². The molecule has 622 valence electrons. The molecule has 0 aromatic heterocycles. The highest BCUT2D eigenvalue weighted by Crippen LogP contribution is 2.24. The van der Waals surface area contributed by atoms with Crippen LogP contribution in [0.3, 0.4) is 0 Å². The zero-order valence-corrected chi connectivity index (χ0v) is 69.3. The number of benzene rings is 4. The van der Waals surface area contributed by atoms with Crippen molar-refractivity contribution in [3.8, 4) is 0 Å². The van der Waals surface area contributed by atoms with E-state index in [2.05, 4.69) is 37.2 Å². The van der Waals surface area contributed by atoms with E-state index in [1.165, 1.54) is 65.9 Å². The highest BCUT2D eigenvalue weighted by Gasteiger charge is 2.44. The minimum atomic E-state index is -1.93. The molecular formula is C85H122N14O15. The molecule has 0 saturated carbocycles. The van der Waals surface area contributed by atoms with Gasteiger partial charge in [0.2, 0.25) is 82.7 Å². The van der Waals surface area contributed by atoms with Crippen LogP contribution in [0.4, 0.5) is 0 Å². The van der Waals surface area contributed by atoms with Crippen molar-refractivity contribution in [3.63, 3.8) is 0 Å². The summed E-state index contributed by atoms with van der Waals surface area (Å²) in [5, 5.41) is 30.4. The van der Waals surface area contributed by atoms with Crippen LogP contribution in [0.2, 0.25) is 0 Å². The molecule has 2 aliphatic rings. The molecule has 4 aromatic carbocycles. The fraction of sp³-hybridized carbons (Fsp3) is 0.553. The van der Waals surface area contributed by atoms with Crippen molar-refractivity contribution in [3.05, 3.63) is 144 Å². The maximum atomic E-state index is 16.0. The lowest BCUT2D eigenvalue weighted by Gasteiger charge is -2.37. The summed E-state index contributed by atoms with van der Waals surface area (Å²) in [4.78, 5) is 218. The summed E-state index contributed by atoms with van der Waals surface area (Å²) in [6.07, 6.45) is -0.444. The molecule has 2 fully saturated rings. The zero-order valence-electron chi connectivity index (χ0n) is 69.3. The van der Waals surface area contributed by atoms with Gasteiger partial charge in [0.05, 0.1) is 19.1 Å². The molecule has 13 atom stereocenters. The number of nitrogens with zero attached hydrogens (tertiary/aromatic N) is 7. The molecule has 0 aliphatic carbocycles. The Morgan fingerprint density at radius 3 is 1.48 bits per heavy atom. The van der Waals surface area contributed by atoms with Gasteiger partial charge in [-0.3, -0.25) is 67.1 Å². The van der Waals surface area contributed by atoms with E-state index in [9.17, 15) is 48.3 Å². The third kappa shape index (κ3) is 26.0. The van der Waals surface area contributed by atoms with Crippen molar-refractivity contribution in [1.82, 2.24) is 71.5 Å². The average molecular weight is 1580 g/mol. The smallest absolute Gasteiger partial charge is 0.248 e. The number of aliphatic hydroxyl groups is 1. The van der Waals surface area contributed by atoms with Gasteiger partial charge < -0.3 is 76.6 Å². The second kappa shape index (κ2) is 43.6. The van der Waals surface area contributed by atoms with Gasteiger partial charge in [-0.25, -0.2) is 0 Å². The van der Waals surface area contributed by atoms with E-state index in [1.807, 2.05) is 13.8 Å². The molecule has 29 heteroatoms. The van der Waals surface area contributed by atoms with Crippen molar-refractivity contribution in [1.29, 1.82) is 0 Å². The molecule has 0 spiro atoms. The van der Waals surface area contributed by atoms with E-state index in [0.717, 1.165) is 38.9 Å². The van der Waals surface area contributed by atoms with Crippen molar-refractivity contribution in [2.45, 2.75) is 219 Å². The molecule has 2 aliphatic heterocycles. The van der Waals surface area contributed by atoms with Crippen molar-refractivity contribution in [2.75, 3.05) is 61.9 Å². The summed E-state index contributed by atoms with van der Waals surface area (Å²) in [5.41, 5.74) is 2.34. The molecule has 0 unspecified atom stereocenters. The van der Waals surface area contributed by atoms with Crippen LogP contribution in [0.25, 0.3) is 0 Å². The largest absolute Gasteiger partial charge is 0.391 e. The van der Waals surface area contributed by atoms with Gasteiger partial charge in [0.1, 0.15) is 72.5 Å². The predicted octanol–water partition coefficient (Wildman–Crippen LogP) is 3.19. The van der Waals surface area contributed by atoms with E-state index >= 15 is 24.0 Å². The standard InChI is InChI=1S/C85H122N14O15/c1-51(2)43-64-78(107)92-72(57(11)100)85(114)96(15)65(46-59-35-25-19-26-36-59)76(105)86-50-70(102)93(12)67(44-52(3)4)83(112)98(17)73(54(7)8)79(108)89-62(45-58-33-23-18-24-34-58)75(104)90-63(49-69(101)87-55(9)74(103)91-71(53(5)6)84(113)95(64)14)81(110)97(16)68(48-61-39-29-21-30-40-61)82(111)94(13)66(47-60-37-27-20-28-38-60)77(106)88-56(10)80(109)99-41-31-22-32-42-99/h18-21,23-30,33-40,51-57,62-68,71-73,100H,22,31-32,41-50H2,1-17H3,(H,86,105)(H,87,101)(H,88,106)(H,89,108)(H,90,104)(H,91,103)(H,92,107)/t55-,56-,57+,62-,63-,64-,65-,66-,67-,68-,71-,72-,73-/m0/s1. The molecule has 2 saturated heterocycles. The Bertz CT molecular complexity index is 3940. The summed E-state index contributed by atoms with van der Waals surface area (Å²) in [6, 6.07) is 17.5. The van der Waals surface area contributed by atoms with E-state index in [-0.39, 0.29) is 56.3 Å². The summed E-state index contributed by atoms with van der Waals surface area (Å²) in [6.45, 7) is 18.4. The first-order valence-corrected chi connectivity index (χ1v) is 39.6. The van der Waals surface area contributed by atoms with Crippen LogP contribution in [0, 0.1) is 23.7 Å². The number of hydrogen-bond donors (Lipinski definition) is 8. The second-order valence-corrected chi connectivity index (χ2v) is 31.9. The minimum absolute atomic E-state index is 0.00588. The minimum Gasteiger partial charge on any atom is -0.391 e. The van der Waals surface area contributed by atoms with Gasteiger partial charge in [-0.2, -0.15) is 0 Å². The molecule has 0 bridgehead atoms. The number of carbonyl (C=O) groups is 14. The fourth-order valence-electron chi connectivity index (χ4n) is 14.4. The predicted molar refractivity (Wildman–Crippen MR) is 431 cm³/mol. The zero-order chi connectivity index (χ0) is 84.5. The van der Waals surface area contributed by atoms with Crippen molar-refractivity contribution < 1.29 is 72.2 Å². The number of amides is 14. The Morgan fingerprint density at radius 1 is 0.491 bits per heavy atom. The highest BCUT2D eigenvalue weighted by molar-refractivity contribution is 6.01. The first-order chi connectivity index (χ1) is 53.8. The van der Waals surface area contributed by atoms with E-state index in [4.69, 9.17) is 0 Å². The monoisotopic (exact) mass is 1580 g/mol. The summed E-state index contributed by atoms with van der Waals surface area (Å²) in [7, 11) is 8.12. The molecule has 114 heavy (non-hydrogen) atoms. The van der Waals surface area contributed by atoms with Crippen LogP contribution in [-0.4, -0.2) is 263 Å². The molecule has 29 nitrogen and oxygen atoms in total. The Balaban J connectivity index is 1.49. The van der Waals surface area contributed by atoms with Crippen LogP contribution in [-0.2, 0) is 92.8 Å². The van der Waals surface area contributed by atoms with Crippen LogP contribution in [0.5, 0.6) is 0 Å². The number of hydrogen-bond acceptors (Lipinski definition) is 15. The lowest BCUT2D eigenvalue weighted by atomic mass is 9.96. The van der Waals surface area contributed by atoms with Crippen LogP contribution in [0.1, 0.15) is 137 Å². The highest BCUT2D eigenvalue weighted by atomic mass is 16.3. The number of carbonyl (C=O) groups excluding carboxylic acids is 14. The maximum Gasteiger partial charge on any atom is 0.248 e. The van der Waals surface area contributed by atoms with Gasteiger partial charge in [-0.05, 0) is 98.8 Å². The second-order valence-electron chi connectivity index (χ2n) is 31.9. The van der Waals surface area contributed by atoms with E-state index in [1.54, 1.807) is 175 Å². The maximum absolute atomic E-state index is 16.0. The summed E-state index contributed by atoms with van der Waals surface area (Å²) >= 11 is 0. The van der Waals surface area contributed by atoms with Gasteiger partial charge in [-0.1, -0.05) is 177 Å². The quantitative estimate of drug-likeness (QED) is 0.0560. The van der Waals surface area contributed by atoms with Crippen molar-refractivity contribution in [2.24, 2.45) is 23.7 Å². The average Bonchev–Trinajstić information content (AvgIpc) is 0.819. The number of likely N-dealkylation sites (N-methyl/N-ethyl adjacent to an activating group) is 6. The van der Waals surface area contributed by atoms with Crippen LogP contribution >= 0.6 is 0 Å². The summed E-state index contributed by atoms with van der Waals surface area (Å²) in [5.74, 6) is -13.2. The van der Waals surface area contributed by atoms with E-state index < -0.39 is 180 Å². The Kier molecular flexibility index (Phi) is 35.3. The topological polar surface area (TPSA) is 366 Å². The molecular weight excluding hydrogens is 1460 g/mol. The first kappa shape index (κ1) is 92.3. The Morgan fingerprint density at radius 2 is 0.974 bits per heavy atom. The van der Waals surface area contributed by atoms with E-state index in [0.29, 0.717) is 35.3 Å². The van der Waals surface area contributed by atoms with Gasteiger partial charge >= 0.3 is 0 Å². The summed E-state index contributed by atoms with van der Waals surface area (Å²) < 4.78 is 0. The normalized spacial score (nSPS) is 22.8. The molecule has 2 heterocycles. The number of likely N-dealkylation sites (tertiary alicyclic amines) is 1. The molecule has 14 amide bonds. The number of aliphatic hydroxyl groups excluding tert-OH is 1. The van der Waals surface area contributed by atoms with Crippen LogP contribution in [0.15, 0.2) is 121 Å². The van der Waals surface area contributed by atoms with Crippen molar-refractivity contribution >= 4 is 82.7 Å². The number of nitrogens with one attached hydrogen (secondary N) is 7. The third-order valence-electron chi connectivity index (χ3n) is 21.2. The van der Waals surface area contributed by atoms with Gasteiger partial charge in [0.25, 0.3) is 0 Å². The number of rotatable bonds is 22. The fourth-order valence-corrected chi connectivity index (χ4v) is 14.4. The molecule has 0 radical (unpaired) electrons. The van der Waals surface area contributed by atoms with Gasteiger partial charge in [0.15, 0.2) is 0 Å². The third-order valence-corrected chi connectivity index (χ3v) is 21.2. The van der Waals surface area contributed by atoms with Crippen LogP contribution < -0.4 is 37.2 Å². The lowest BCUT2D eigenvalue weighted by molar-refractivity contribution is -0.150. The molecule has 6 rings (SSSR count). The first-order valence-electron chi connectivity index (χ1n) is 39.6. The Hall–Kier alpha value is -10.6. The number of piperidine rings is 1. The molecule has 4 aromatic rings. The Labute approximate surface area is 671 Å². The molecule has 8 N–H and O–H groups in total. The SMILES string of the molecule is CC(C)C[C@H]1C(=O)N(C)[C@@H](C(C)C)C(=O)N[C@@H](Cc2ccccc2)C(=O)N[C@H](C(=O)N(C)[C@@H](Cc2ccccc2)C(=O)N(C)[C@@H](Cc2ccccc2)C(=O)N[C@@H](C)C(=O)N2CCCCC2)CC(=O)N[C@@H](C)C(=O)N[C@@H](C(C)C)C(=O)N(C)[C@@H](CC(C)C)C(=O)N[C@@H]([C@@H](C)O)C(=O)N(C)[C@@H](Cc2ccccc2)C(=O)NCC(=O)N1C. The lowest BCUT2D eigenvalue weighted by Crippen LogP contribution is -2.62. The van der Waals surface area contributed by atoms with Gasteiger partial charge in [0, 0.05) is 81.1 Å².